The predicted octanol–water partition coefficient (Wildman–Crippen LogP) is 2.42. The van der Waals surface area contributed by atoms with Gasteiger partial charge in [0.25, 0.3) is 17.1 Å². The number of nitro benzene ring substituents is 3. The molecule has 1 aliphatic rings. The van der Waals surface area contributed by atoms with Crippen LogP contribution in [0.2, 0.25) is 0 Å². The molecule has 0 aromatic heterocycles. The van der Waals surface area contributed by atoms with Gasteiger partial charge >= 0.3 is 0 Å². The lowest BCUT2D eigenvalue weighted by molar-refractivity contribution is -0.663. The highest BCUT2D eigenvalue weighted by molar-refractivity contribution is 5.64. The molecule has 1 aliphatic heterocycles. The van der Waals surface area contributed by atoms with Crippen molar-refractivity contribution in [1.29, 1.82) is 0 Å². The highest BCUT2D eigenvalue weighted by atomic mass is 19.1. The molecule has 0 atom stereocenters. The maximum atomic E-state index is 13.2. The molecule has 12 nitrogen and oxygen atoms in total. The maximum Gasteiger partial charge on any atom is 0.283 e. The van der Waals surface area contributed by atoms with Gasteiger partial charge in [-0.15, -0.1) is 0 Å². The van der Waals surface area contributed by atoms with Crippen molar-refractivity contribution < 1.29 is 34.0 Å². The Labute approximate surface area is 208 Å². The monoisotopic (exact) mass is 517 g/mol. The maximum absolute atomic E-state index is 13.2. The van der Waals surface area contributed by atoms with E-state index in [2.05, 4.69) is 10.2 Å². The molecule has 0 radical (unpaired) electrons. The molecule has 1 saturated heterocycles. The number of piperazine rings is 1. The Balaban J connectivity index is 0.000000214. The van der Waals surface area contributed by atoms with Crippen molar-refractivity contribution in [2.75, 3.05) is 26.2 Å². The smallest absolute Gasteiger partial charge is 0.283 e. The zero-order valence-corrected chi connectivity index (χ0v) is 19.2. The number of nitrogens with zero attached hydrogens (tertiary/aromatic N) is 4. The first-order valence-corrected chi connectivity index (χ1v) is 10.9. The Morgan fingerprint density at radius 1 is 0.730 bits per heavy atom. The van der Waals surface area contributed by atoms with Gasteiger partial charge in [-0.3, -0.25) is 35.2 Å². The highest BCUT2D eigenvalue weighted by Gasteiger charge is 2.26. The Morgan fingerprint density at radius 3 is 1.49 bits per heavy atom. The van der Waals surface area contributed by atoms with Gasteiger partial charge in [-0.2, -0.15) is 0 Å². The lowest BCUT2D eigenvalue weighted by Gasteiger charge is -2.34. The van der Waals surface area contributed by atoms with Crippen LogP contribution < -0.4 is 10.4 Å². The molecule has 1 fully saturated rings. The predicted molar refractivity (Wildman–Crippen MR) is 124 cm³/mol. The average molecular weight is 517 g/mol. The van der Waals surface area contributed by atoms with Crippen LogP contribution in [0.5, 0.6) is 5.75 Å². The van der Waals surface area contributed by atoms with Gasteiger partial charge < -0.3 is 10.4 Å². The van der Waals surface area contributed by atoms with Gasteiger partial charge in [-0.25, -0.2) is 8.78 Å². The second kappa shape index (κ2) is 11.9. The normalized spacial score (nSPS) is 13.5. The average Bonchev–Trinajstić information content (AvgIpc) is 2.87. The van der Waals surface area contributed by atoms with Crippen molar-refractivity contribution in [2.24, 2.45) is 0 Å². The van der Waals surface area contributed by atoms with Crippen molar-refractivity contribution in [1.82, 2.24) is 4.90 Å². The minimum atomic E-state index is -1.46. The van der Waals surface area contributed by atoms with Crippen molar-refractivity contribution >= 4 is 17.1 Å². The van der Waals surface area contributed by atoms with Gasteiger partial charge in [0.1, 0.15) is 11.6 Å². The van der Waals surface area contributed by atoms with Crippen LogP contribution in [0.25, 0.3) is 0 Å². The SMILES string of the molecule is Fc1ccc(C(c2ccc(F)cc2)N2CC[NH2+]CC2)cc1.O=[N+]([O-])c1cc([N+](=O)[O-])c([O-])c([N+](=O)[O-])c1. The quantitative estimate of drug-likeness (QED) is 0.383. The third kappa shape index (κ3) is 6.77. The number of non-ortho nitro benzene ring substituents is 1. The third-order valence-electron chi connectivity index (χ3n) is 5.62. The molecule has 4 rings (SSSR count). The number of halogens is 2. The molecular weight excluding hydrogens is 496 g/mol. The van der Waals surface area contributed by atoms with Crippen LogP contribution in [0.3, 0.4) is 0 Å². The molecular formula is C23H21F2N5O7. The summed E-state index contributed by atoms with van der Waals surface area (Å²) in [6, 6.07) is 14.1. The Kier molecular flexibility index (Phi) is 8.71. The molecule has 1 heterocycles. The van der Waals surface area contributed by atoms with E-state index in [0.29, 0.717) is 12.1 Å². The Bertz CT molecular complexity index is 1200. The molecule has 14 heteroatoms. The summed E-state index contributed by atoms with van der Waals surface area (Å²) in [7, 11) is 0. The zero-order chi connectivity index (χ0) is 27.1. The van der Waals surface area contributed by atoms with E-state index < -0.39 is 37.6 Å². The van der Waals surface area contributed by atoms with E-state index >= 15 is 0 Å². The first-order valence-electron chi connectivity index (χ1n) is 10.9. The molecule has 0 unspecified atom stereocenters. The van der Waals surface area contributed by atoms with E-state index in [0.717, 1.165) is 37.3 Å². The van der Waals surface area contributed by atoms with E-state index in [9.17, 15) is 44.2 Å². The molecule has 0 saturated carbocycles. The Hall–Kier alpha value is -4.56. The van der Waals surface area contributed by atoms with E-state index in [1.807, 2.05) is 24.3 Å². The number of nitro groups is 3. The molecule has 3 aromatic carbocycles. The van der Waals surface area contributed by atoms with Crippen LogP contribution in [0.1, 0.15) is 17.2 Å². The number of nitrogens with two attached hydrogens (primary N) is 1. The first kappa shape index (κ1) is 27.0. The van der Waals surface area contributed by atoms with Crippen molar-refractivity contribution in [2.45, 2.75) is 6.04 Å². The zero-order valence-electron chi connectivity index (χ0n) is 19.2. The molecule has 0 aliphatic carbocycles. The fourth-order valence-corrected chi connectivity index (χ4v) is 3.89. The number of rotatable bonds is 6. The van der Waals surface area contributed by atoms with E-state index in [1.165, 1.54) is 24.3 Å². The van der Waals surface area contributed by atoms with Crippen LogP contribution >= 0.6 is 0 Å². The molecule has 0 amide bonds. The Morgan fingerprint density at radius 2 is 1.14 bits per heavy atom. The minimum Gasteiger partial charge on any atom is -0.863 e. The van der Waals surface area contributed by atoms with Crippen LogP contribution in [0.4, 0.5) is 25.8 Å². The van der Waals surface area contributed by atoms with E-state index in [4.69, 9.17) is 0 Å². The summed E-state index contributed by atoms with van der Waals surface area (Å²) in [5, 5.41) is 44.4. The summed E-state index contributed by atoms with van der Waals surface area (Å²) >= 11 is 0. The molecule has 2 N–H and O–H groups in total. The van der Waals surface area contributed by atoms with Crippen LogP contribution in [-0.2, 0) is 0 Å². The van der Waals surface area contributed by atoms with Gasteiger partial charge in [-0.05, 0) is 35.4 Å². The summed E-state index contributed by atoms with van der Waals surface area (Å²) in [5.74, 6) is -1.92. The second-order valence-corrected chi connectivity index (χ2v) is 7.99. The molecule has 37 heavy (non-hydrogen) atoms. The second-order valence-electron chi connectivity index (χ2n) is 7.99. The summed E-state index contributed by atoms with van der Waals surface area (Å²) in [5.41, 5.74) is -1.17. The summed E-state index contributed by atoms with van der Waals surface area (Å²) in [6.45, 7) is 4.05. The number of hydrogen-bond donors (Lipinski definition) is 1. The fraction of sp³-hybridized carbons (Fsp3) is 0.217. The fourth-order valence-electron chi connectivity index (χ4n) is 3.89. The summed E-state index contributed by atoms with van der Waals surface area (Å²) in [6.07, 6.45) is 0. The topological polar surface area (TPSA) is 172 Å². The lowest BCUT2D eigenvalue weighted by Crippen LogP contribution is -2.89. The van der Waals surface area contributed by atoms with Gasteiger partial charge in [0.15, 0.2) is 0 Å². The van der Waals surface area contributed by atoms with Crippen molar-refractivity contribution in [3.8, 4) is 5.75 Å². The van der Waals surface area contributed by atoms with Crippen LogP contribution in [-0.4, -0.2) is 45.8 Å². The van der Waals surface area contributed by atoms with Crippen molar-refractivity contribution in [3.63, 3.8) is 0 Å². The van der Waals surface area contributed by atoms with Gasteiger partial charge in [0.05, 0.1) is 51.8 Å². The summed E-state index contributed by atoms with van der Waals surface area (Å²) in [4.78, 5) is 29.9. The van der Waals surface area contributed by atoms with Crippen LogP contribution in [0.15, 0.2) is 60.7 Å². The molecule has 0 spiro atoms. The minimum absolute atomic E-state index is 0.0555. The van der Waals surface area contributed by atoms with Crippen LogP contribution in [0, 0.1) is 42.0 Å². The van der Waals surface area contributed by atoms with Gasteiger partial charge in [0.2, 0.25) is 0 Å². The van der Waals surface area contributed by atoms with Gasteiger partial charge in [0, 0.05) is 13.1 Å². The van der Waals surface area contributed by atoms with Crippen molar-refractivity contribution in [3.05, 3.63) is 114 Å². The van der Waals surface area contributed by atoms with E-state index in [-0.39, 0.29) is 17.7 Å². The number of quaternary nitrogens is 1. The molecule has 3 aromatic rings. The molecule has 194 valence electrons. The van der Waals surface area contributed by atoms with Gasteiger partial charge in [-0.1, -0.05) is 24.3 Å². The summed E-state index contributed by atoms with van der Waals surface area (Å²) < 4.78 is 26.4. The third-order valence-corrected chi connectivity index (χ3v) is 5.62. The standard InChI is InChI=1S/C17H18F2N2.C6H3N3O7/c18-15-5-1-13(2-6-15)17(21-11-9-20-10-12-21)14-3-7-16(19)8-4-14;10-6-4(8(13)14)1-3(7(11)12)2-5(6)9(15)16/h1-8,17,20H,9-12H2;1-2,10H. The number of hydrogen-bond acceptors (Lipinski definition) is 8. The molecule has 0 bridgehead atoms. The van der Waals surface area contributed by atoms with E-state index in [1.54, 1.807) is 0 Å². The largest absolute Gasteiger partial charge is 0.863 e. The lowest BCUT2D eigenvalue weighted by atomic mass is 9.96. The highest BCUT2D eigenvalue weighted by Crippen LogP contribution is 2.37. The first-order chi connectivity index (χ1) is 17.6. The number of benzene rings is 3.